The summed E-state index contributed by atoms with van der Waals surface area (Å²) in [5, 5.41) is 22.2. The molecule has 0 saturated heterocycles. The molecule has 2 N–H and O–H groups in total. The second-order valence-electron chi connectivity index (χ2n) is 4.21. The Labute approximate surface area is 119 Å². The number of H-pyrrole nitrogens is 1. The van der Waals surface area contributed by atoms with E-state index in [1.165, 1.54) is 13.2 Å². The molecule has 104 valence electrons. The van der Waals surface area contributed by atoms with Crippen LogP contribution in [0.3, 0.4) is 0 Å². The Morgan fingerprint density at radius 1 is 1.33 bits per heavy atom. The third-order valence-electron chi connectivity index (χ3n) is 2.90. The van der Waals surface area contributed by atoms with Gasteiger partial charge in [0.25, 0.3) is 5.89 Å². The number of nitrogens with zero attached hydrogens (tertiary/aromatic N) is 3. The Bertz CT molecular complexity index is 829. The SMILES string of the molecule is COc1cc(-c2noc(-c3ccc(C#N)[nH]3)n2)ccc1O. The molecule has 0 fully saturated rings. The maximum Gasteiger partial charge on any atom is 0.274 e. The Balaban J connectivity index is 1.96. The van der Waals surface area contributed by atoms with Crippen LogP contribution >= 0.6 is 0 Å². The van der Waals surface area contributed by atoms with Gasteiger partial charge >= 0.3 is 0 Å². The molecule has 0 aliphatic carbocycles. The second kappa shape index (κ2) is 5.02. The van der Waals surface area contributed by atoms with Crippen LogP contribution in [0.25, 0.3) is 23.0 Å². The van der Waals surface area contributed by atoms with Gasteiger partial charge in [0.15, 0.2) is 11.5 Å². The molecule has 0 atom stereocenters. The summed E-state index contributed by atoms with van der Waals surface area (Å²) in [5.74, 6) is 0.994. The van der Waals surface area contributed by atoms with Gasteiger partial charge in [-0.05, 0) is 30.3 Å². The van der Waals surface area contributed by atoms with Crippen molar-refractivity contribution in [1.82, 2.24) is 15.1 Å². The van der Waals surface area contributed by atoms with E-state index in [1.54, 1.807) is 24.3 Å². The van der Waals surface area contributed by atoms with E-state index in [2.05, 4.69) is 15.1 Å². The van der Waals surface area contributed by atoms with E-state index in [0.29, 0.717) is 28.5 Å². The fraction of sp³-hybridized carbons (Fsp3) is 0.0714. The lowest BCUT2D eigenvalue weighted by molar-refractivity contribution is 0.373. The molecule has 7 heteroatoms. The fourth-order valence-electron chi connectivity index (χ4n) is 1.85. The molecule has 7 nitrogen and oxygen atoms in total. The van der Waals surface area contributed by atoms with Gasteiger partial charge in [0, 0.05) is 5.56 Å². The van der Waals surface area contributed by atoms with Gasteiger partial charge < -0.3 is 19.4 Å². The van der Waals surface area contributed by atoms with Gasteiger partial charge in [-0.15, -0.1) is 0 Å². The third kappa shape index (κ3) is 2.30. The van der Waals surface area contributed by atoms with Crippen molar-refractivity contribution in [2.75, 3.05) is 7.11 Å². The van der Waals surface area contributed by atoms with Gasteiger partial charge in [0.2, 0.25) is 5.82 Å². The van der Waals surface area contributed by atoms with Gasteiger partial charge in [0.1, 0.15) is 17.5 Å². The van der Waals surface area contributed by atoms with Crippen LogP contribution in [0.2, 0.25) is 0 Å². The summed E-state index contributed by atoms with van der Waals surface area (Å²) in [7, 11) is 1.46. The molecule has 0 radical (unpaired) electrons. The van der Waals surface area contributed by atoms with Crippen molar-refractivity contribution >= 4 is 0 Å². The first-order valence-electron chi connectivity index (χ1n) is 6.02. The zero-order valence-corrected chi connectivity index (χ0v) is 11.0. The van der Waals surface area contributed by atoms with Crippen LogP contribution in [-0.4, -0.2) is 27.3 Å². The predicted octanol–water partition coefficient (Wildman–Crippen LogP) is 2.32. The van der Waals surface area contributed by atoms with Crippen LogP contribution in [0.5, 0.6) is 11.5 Å². The molecule has 0 spiro atoms. The summed E-state index contributed by atoms with van der Waals surface area (Å²) in [4.78, 5) is 7.10. The predicted molar refractivity (Wildman–Crippen MR) is 72.5 cm³/mol. The molecule has 0 saturated carbocycles. The first kappa shape index (κ1) is 12.7. The highest BCUT2D eigenvalue weighted by molar-refractivity contribution is 5.62. The summed E-state index contributed by atoms with van der Waals surface area (Å²) in [6.07, 6.45) is 0. The van der Waals surface area contributed by atoms with E-state index in [0.717, 1.165) is 0 Å². The summed E-state index contributed by atoms with van der Waals surface area (Å²) in [6, 6.07) is 10.1. The number of aromatic amines is 1. The highest BCUT2D eigenvalue weighted by atomic mass is 16.5. The topological polar surface area (TPSA) is 108 Å². The molecule has 1 aromatic carbocycles. The number of aromatic nitrogens is 3. The summed E-state index contributed by atoms with van der Waals surface area (Å²) in [5.41, 5.74) is 1.62. The maximum atomic E-state index is 9.57. The lowest BCUT2D eigenvalue weighted by atomic mass is 10.2. The smallest absolute Gasteiger partial charge is 0.274 e. The minimum Gasteiger partial charge on any atom is -0.504 e. The van der Waals surface area contributed by atoms with Crippen molar-refractivity contribution in [1.29, 1.82) is 5.26 Å². The van der Waals surface area contributed by atoms with E-state index >= 15 is 0 Å². The highest BCUT2D eigenvalue weighted by Crippen LogP contribution is 2.31. The summed E-state index contributed by atoms with van der Waals surface area (Å²) < 4.78 is 10.2. The molecule has 2 heterocycles. The van der Waals surface area contributed by atoms with Crippen molar-refractivity contribution < 1.29 is 14.4 Å². The largest absolute Gasteiger partial charge is 0.504 e. The van der Waals surface area contributed by atoms with Crippen LogP contribution < -0.4 is 4.74 Å². The molecule has 0 aliphatic rings. The molecule has 2 aromatic heterocycles. The average molecular weight is 282 g/mol. The molecule has 0 unspecified atom stereocenters. The quantitative estimate of drug-likeness (QED) is 0.763. The van der Waals surface area contributed by atoms with Gasteiger partial charge in [-0.3, -0.25) is 0 Å². The average Bonchev–Trinajstić information content (AvgIpc) is 3.16. The van der Waals surface area contributed by atoms with Crippen molar-refractivity contribution in [3.63, 3.8) is 0 Å². The molecule has 21 heavy (non-hydrogen) atoms. The zero-order chi connectivity index (χ0) is 14.8. The first-order valence-corrected chi connectivity index (χ1v) is 6.02. The number of aromatic hydroxyl groups is 1. The van der Waals surface area contributed by atoms with Gasteiger partial charge in [-0.2, -0.15) is 10.2 Å². The number of rotatable bonds is 3. The molecule has 3 aromatic rings. The molecular weight excluding hydrogens is 272 g/mol. The van der Waals surface area contributed by atoms with Crippen LogP contribution in [0.1, 0.15) is 5.69 Å². The minimum atomic E-state index is 0.0352. The second-order valence-corrected chi connectivity index (χ2v) is 4.21. The van der Waals surface area contributed by atoms with Crippen LogP contribution in [0, 0.1) is 11.3 Å². The number of benzene rings is 1. The number of methoxy groups -OCH3 is 1. The standard InChI is InChI=1S/C14H10N4O3/c1-20-12-6-8(2-5-11(12)19)13-17-14(21-18-13)10-4-3-9(7-15)16-10/h2-6,16,19H,1H3. The zero-order valence-electron chi connectivity index (χ0n) is 11.0. The number of phenolic OH excluding ortho intramolecular Hbond substituents is 1. The van der Waals surface area contributed by atoms with E-state index < -0.39 is 0 Å². The van der Waals surface area contributed by atoms with Crippen LogP contribution in [-0.2, 0) is 0 Å². The van der Waals surface area contributed by atoms with Crippen molar-refractivity contribution in [3.8, 4) is 40.5 Å². The first-order chi connectivity index (χ1) is 10.2. The molecule has 0 amide bonds. The monoisotopic (exact) mass is 282 g/mol. The number of nitrogens with one attached hydrogen (secondary N) is 1. The van der Waals surface area contributed by atoms with Gasteiger partial charge in [0.05, 0.1) is 7.11 Å². The van der Waals surface area contributed by atoms with Gasteiger partial charge in [-0.25, -0.2) is 0 Å². The van der Waals surface area contributed by atoms with E-state index in [9.17, 15) is 5.11 Å². The normalized spacial score (nSPS) is 10.3. The Morgan fingerprint density at radius 2 is 2.19 bits per heavy atom. The highest BCUT2D eigenvalue weighted by Gasteiger charge is 2.13. The lowest BCUT2D eigenvalue weighted by Crippen LogP contribution is -1.86. The molecule has 3 rings (SSSR count). The van der Waals surface area contributed by atoms with Gasteiger partial charge in [-0.1, -0.05) is 5.16 Å². The van der Waals surface area contributed by atoms with Crippen LogP contribution in [0.4, 0.5) is 0 Å². The third-order valence-corrected chi connectivity index (χ3v) is 2.90. The Morgan fingerprint density at radius 3 is 2.90 bits per heavy atom. The number of hydrogen-bond acceptors (Lipinski definition) is 6. The number of ether oxygens (including phenoxy) is 1. The molecule has 0 bridgehead atoms. The van der Waals surface area contributed by atoms with Crippen molar-refractivity contribution in [2.45, 2.75) is 0 Å². The molecular formula is C14H10N4O3. The molecule has 0 aliphatic heterocycles. The number of nitriles is 1. The summed E-state index contributed by atoms with van der Waals surface area (Å²) >= 11 is 0. The Kier molecular flexibility index (Phi) is 3.04. The van der Waals surface area contributed by atoms with E-state index in [4.69, 9.17) is 14.5 Å². The minimum absolute atomic E-state index is 0.0352. The van der Waals surface area contributed by atoms with Crippen molar-refractivity contribution in [2.24, 2.45) is 0 Å². The number of phenols is 1. The van der Waals surface area contributed by atoms with Crippen LogP contribution in [0.15, 0.2) is 34.9 Å². The van der Waals surface area contributed by atoms with E-state index in [1.807, 2.05) is 6.07 Å². The summed E-state index contributed by atoms with van der Waals surface area (Å²) in [6.45, 7) is 0. The lowest BCUT2D eigenvalue weighted by Gasteiger charge is -2.03. The van der Waals surface area contributed by atoms with E-state index in [-0.39, 0.29) is 11.6 Å². The Hall–Kier alpha value is -3.27. The number of hydrogen-bond donors (Lipinski definition) is 2. The fourth-order valence-corrected chi connectivity index (χ4v) is 1.85. The van der Waals surface area contributed by atoms with Crippen molar-refractivity contribution in [3.05, 3.63) is 36.0 Å². The maximum absolute atomic E-state index is 9.57.